The summed E-state index contributed by atoms with van der Waals surface area (Å²) in [4.78, 5) is 30.1. The molecule has 14 heteroatoms. The Morgan fingerprint density at radius 3 is 2.78 bits per heavy atom. The minimum atomic E-state index is -4.41. The number of rotatable bonds is 7. The monoisotopic (exact) mass is 580 g/mol. The van der Waals surface area contributed by atoms with Crippen molar-refractivity contribution in [3.05, 3.63) is 47.2 Å². The van der Waals surface area contributed by atoms with Crippen molar-refractivity contribution < 1.29 is 36.1 Å². The van der Waals surface area contributed by atoms with E-state index in [-0.39, 0.29) is 30.7 Å². The smallest absolute Gasteiger partial charge is 0.364 e. The number of fused-ring (bicyclic) bond motifs is 1. The second-order valence-electron chi connectivity index (χ2n) is 11.5. The minimum Gasteiger partial charge on any atom is -0.364 e. The molecule has 3 fully saturated rings. The minimum absolute atomic E-state index is 0.00564. The van der Waals surface area contributed by atoms with Gasteiger partial charge in [0.1, 0.15) is 11.8 Å². The SMILES string of the molecule is O=C(N[C@H](c1cn2nc(CC3C[C@H](C(F)(F)F)CNC3=O)ccc2n1)[C@H]1CCCC(F)(F)C1)c1conc1C1CC1. The van der Waals surface area contributed by atoms with Crippen molar-refractivity contribution in [1.29, 1.82) is 0 Å². The molecular formula is C27H29F5N6O3. The first-order chi connectivity index (χ1) is 19.5. The molecule has 3 aromatic rings. The van der Waals surface area contributed by atoms with Gasteiger partial charge >= 0.3 is 6.18 Å². The van der Waals surface area contributed by atoms with Crippen LogP contribution < -0.4 is 10.6 Å². The molecule has 3 aliphatic rings. The normalized spacial score (nSPS) is 25.6. The van der Waals surface area contributed by atoms with Gasteiger partial charge < -0.3 is 15.2 Å². The highest BCUT2D eigenvalue weighted by molar-refractivity contribution is 5.95. The van der Waals surface area contributed by atoms with Crippen LogP contribution in [0, 0.1) is 17.8 Å². The van der Waals surface area contributed by atoms with Crippen LogP contribution in [0.1, 0.15) is 84.3 Å². The van der Waals surface area contributed by atoms with E-state index >= 15 is 0 Å². The number of carbonyl (C=O) groups is 2. The van der Waals surface area contributed by atoms with E-state index in [0.717, 1.165) is 12.8 Å². The highest BCUT2D eigenvalue weighted by Crippen LogP contribution is 2.43. The van der Waals surface area contributed by atoms with Gasteiger partial charge in [0.15, 0.2) is 5.65 Å². The lowest BCUT2D eigenvalue weighted by Gasteiger charge is -2.34. The summed E-state index contributed by atoms with van der Waals surface area (Å²) >= 11 is 0. The number of piperidine rings is 1. The molecule has 220 valence electrons. The molecule has 41 heavy (non-hydrogen) atoms. The Morgan fingerprint density at radius 1 is 1.24 bits per heavy atom. The third-order valence-electron chi connectivity index (χ3n) is 8.34. The van der Waals surface area contributed by atoms with Crippen LogP contribution in [0.2, 0.25) is 0 Å². The van der Waals surface area contributed by atoms with E-state index in [0.29, 0.717) is 35.6 Å². The van der Waals surface area contributed by atoms with E-state index < -0.39 is 60.7 Å². The fraction of sp³-hybridized carbons (Fsp3) is 0.593. The van der Waals surface area contributed by atoms with E-state index in [9.17, 15) is 31.5 Å². The molecule has 0 aromatic carbocycles. The van der Waals surface area contributed by atoms with Crippen LogP contribution in [0.4, 0.5) is 22.0 Å². The van der Waals surface area contributed by atoms with Crippen molar-refractivity contribution in [2.45, 2.75) is 75.4 Å². The highest BCUT2D eigenvalue weighted by atomic mass is 19.4. The van der Waals surface area contributed by atoms with Gasteiger partial charge in [-0.05, 0) is 50.2 Å². The molecule has 0 radical (unpaired) electrons. The molecule has 6 rings (SSSR count). The van der Waals surface area contributed by atoms with Gasteiger partial charge in [-0.3, -0.25) is 9.59 Å². The third-order valence-corrected chi connectivity index (χ3v) is 8.34. The summed E-state index contributed by atoms with van der Waals surface area (Å²) in [5.74, 6) is -6.80. The topological polar surface area (TPSA) is 114 Å². The van der Waals surface area contributed by atoms with Crippen molar-refractivity contribution >= 4 is 17.5 Å². The van der Waals surface area contributed by atoms with E-state index in [1.807, 2.05) is 0 Å². The third kappa shape index (κ3) is 5.91. The van der Waals surface area contributed by atoms with Gasteiger partial charge in [-0.1, -0.05) is 5.16 Å². The van der Waals surface area contributed by atoms with Crippen molar-refractivity contribution in [1.82, 2.24) is 30.4 Å². The Labute approximate surface area is 231 Å². The first-order valence-corrected chi connectivity index (χ1v) is 13.8. The average Bonchev–Trinajstić information content (AvgIpc) is 3.47. The number of halogens is 5. The van der Waals surface area contributed by atoms with Crippen LogP contribution in [0.5, 0.6) is 0 Å². The van der Waals surface area contributed by atoms with Gasteiger partial charge in [-0.2, -0.15) is 18.3 Å². The second kappa shape index (κ2) is 10.4. The summed E-state index contributed by atoms with van der Waals surface area (Å²) in [6.45, 7) is -0.444. The van der Waals surface area contributed by atoms with Crippen LogP contribution in [-0.4, -0.2) is 50.2 Å². The molecule has 0 bridgehead atoms. The molecular weight excluding hydrogens is 551 g/mol. The number of nitrogens with zero attached hydrogens (tertiary/aromatic N) is 4. The Kier molecular flexibility index (Phi) is 6.97. The molecule has 2 aliphatic carbocycles. The zero-order valence-electron chi connectivity index (χ0n) is 22.0. The standard InChI is InChI=1S/C27H29F5N6O3/c28-26(29)7-1-2-15(10-26)23(35-25(40)19-13-41-37-22(19)14-3-4-14)20-12-38-21(34-20)6-5-18(36-38)9-16-8-17(27(30,31)32)11-33-24(16)39/h5-6,12-17,23H,1-4,7-11H2,(H,33,39)(H,35,40)/t15-,16?,17-,23-/m0/s1. The molecule has 1 unspecified atom stereocenters. The summed E-state index contributed by atoms with van der Waals surface area (Å²) in [7, 11) is 0. The quantitative estimate of drug-likeness (QED) is 0.390. The number of amides is 2. The molecule has 4 heterocycles. The summed E-state index contributed by atoms with van der Waals surface area (Å²) in [6, 6.07) is 2.34. The van der Waals surface area contributed by atoms with Gasteiger partial charge in [0.25, 0.3) is 5.91 Å². The summed E-state index contributed by atoms with van der Waals surface area (Å²) in [5.41, 5.74) is 1.91. The fourth-order valence-corrected chi connectivity index (χ4v) is 5.99. The maximum absolute atomic E-state index is 14.5. The zero-order valence-corrected chi connectivity index (χ0v) is 22.0. The van der Waals surface area contributed by atoms with Crippen molar-refractivity contribution in [3.63, 3.8) is 0 Å². The Morgan fingerprint density at radius 2 is 2.05 bits per heavy atom. The Balaban J connectivity index is 1.26. The van der Waals surface area contributed by atoms with Crippen molar-refractivity contribution in [3.8, 4) is 0 Å². The predicted octanol–water partition coefficient (Wildman–Crippen LogP) is 4.75. The average molecular weight is 581 g/mol. The number of carbonyl (C=O) groups excluding carboxylic acids is 2. The first-order valence-electron chi connectivity index (χ1n) is 13.8. The van der Waals surface area contributed by atoms with Gasteiger partial charge in [0, 0.05) is 37.6 Å². The number of aromatic nitrogens is 4. The molecule has 9 nitrogen and oxygen atoms in total. The van der Waals surface area contributed by atoms with Crippen LogP contribution >= 0.6 is 0 Å². The number of nitrogens with one attached hydrogen (secondary N) is 2. The molecule has 4 atom stereocenters. The Bertz CT molecular complexity index is 1450. The van der Waals surface area contributed by atoms with Crippen LogP contribution in [0.25, 0.3) is 5.65 Å². The van der Waals surface area contributed by atoms with Gasteiger partial charge in [-0.25, -0.2) is 18.3 Å². The molecule has 2 saturated carbocycles. The lowest BCUT2D eigenvalue weighted by molar-refractivity contribution is -0.183. The van der Waals surface area contributed by atoms with E-state index in [1.54, 1.807) is 12.1 Å². The van der Waals surface area contributed by atoms with Gasteiger partial charge in [0.05, 0.1) is 35.2 Å². The lowest BCUT2D eigenvalue weighted by atomic mass is 9.80. The molecule has 3 aromatic heterocycles. The fourth-order valence-electron chi connectivity index (χ4n) is 5.99. The number of alkyl halides is 5. The molecule has 0 spiro atoms. The van der Waals surface area contributed by atoms with Gasteiger partial charge in [0.2, 0.25) is 11.8 Å². The van der Waals surface area contributed by atoms with Crippen molar-refractivity contribution in [2.75, 3.05) is 6.54 Å². The van der Waals surface area contributed by atoms with E-state index in [2.05, 4.69) is 25.9 Å². The zero-order chi connectivity index (χ0) is 28.9. The maximum atomic E-state index is 14.5. The second-order valence-corrected chi connectivity index (χ2v) is 11.5. The molecule has 2 amide bonds. The summed E-state index contributed by atoms with van der Waals surface area (Å²) in [5, 5.41) is 13.6. The number of imidazole rings is 1. The van der Waals surface area contributed by atoms with Crippen LogP contribution in [0.3, 0.4) is 0 Å². The molecule has 1 saturated heterocycles. The van der Waals surface area contributed by atoms with Crippen molar-refractivity contribution in [2.24, 2.45) is 17.8 Å². The van der Waals surface area contributed by atoms with Crippen LogP contribution in [-0.2, 0) is 11.2 Å². The highest BCUT2D eigenvalue weighted by Gasteiger charge is 2.45. The van der Waals surface area contributed by atoms with E-state index in [4.69, 9.17) is 4.52 Å². The number of hydrogen-bond acceptors (Lipinski definition) is 6. The van der Waals surface area contributed by atoms with E-state index in [1.165, 1.54) is 17.0 Å². The lowest BCUT2D eigenvalue weighted by Crippen LogP contribution is -2.47. The summed E-state index contributed by atoms with van der Waals surface area (Å²) in [6.07, 6.45) is -0.0499. The Hall–Kier alpha value is -3.58. The predicted molar refractivity (Wildman–Crippen MR) is 133 cm³/mol. The first kappa shape index (κ1) is 27.6. The molecule has 2 N–H and O–H groups in total. The number of hydrogen-bond donors (Lipinski definition) is 2. The molecule has 1 aliphatic heterocycles. The maximum Gasteiger partial charge on any atom is 0.393 e. The van der Waals surface area contributed by atoms with Crippen LogP contribution in [0.15, 0.2) is 29.1 Å². The van der Waals surface area contributed by atoms with Gasteiger partial charge in [-0.15, -0.1) is 0 Å². The largest absolute Gasteiger partial charge is 0.393 e. The summed E-state index contributed by atoms with van der Waals surface area (Å²) < 4.78 is 75.1.